The van der Waals surface area contributed by atoms with Crippen LogP contribution >= 0.6 is 33.3 Å². The predicted octanol–water partition coefficient (Wildman–Crippen LogP) is 1.32. The summed E-state index contributed by atoms with van der Waals surface area (Å²) >= 11 is 5.48. The summed E-state index contributed by atoms with van der Waals surface area (Å²) < 4.78 is 0. The van der Waals surface area contributed by atoms with E-state index in [2.05, 4.69) is 0 Å². The van der Waals surface area contributed by atoms with Gasteiger partial charge in [-0.1, -0.05) is 11.6 Å². The fraction of sp³-hybridized carbons (Fsp3) is 0.200. The highest BCUT2D eigenvalue weighted by Gasteiger charge is 2.34. The third-order valence-corrected chi connectivity index (χ3v) is 2.73. The zero-order valence-corrected chi connectivity index (χ0v) is 7.76. The molecule has 0 saturated heterocycles. The summed E-state index contributed by atoms with van der Waals surface area (Å²) in [4.78, 5) is 23.0. The minimum atomic E-state index is -0.500. The van der Waals surface area contributed by atoms with Crippen LogP contribution in [0.1, 0.15) is 0 Å². The molecule has 0 spiro atoms. The fourth-order valence-corrected chi connectivity index (χ4v) is 1.88. The number of carbonyl (C=O) groups is 2. The number of rotatable bonds is 1. The average Bonchev–Trinajstić information content (AvgIpc) is 2.17. The van der Waals surface area contributed by atoms with E-state index in [1.54, 1.807) is 0 Å². The van der Waals surface area contributed by atoms with Crippen molar-refractivity contribution >= 4 is 45.1 Å². The van der Waals surface area contributed by atoms with E-state index in [1.807, 2.05) is 0 Å². The van der Waals surface area contributed by atoms with Gasteiger partial charge in [-0.2, -0.15) is 0 Å². The van der Waals surface area contributed by atoms with Gasteiger partial charge in [-0.05, 0) is 21.7 Å². The number of amides is 2. The number of halogens is 2. The zero-order valence-electron chi connectivity index (χ0n) is 5.43. The number of nitrogens with zero attached hydrogens (tertiary/aromatic N) is 1. The zero-order chi connectivity index (χ0) is 8.59. The van der Waals surface area contributed by atoms with Gasteiger partial charge in [-0.25, -0.2) is 0 Å². The van der Waals surface area contributed by atoms with Gasteiger partial charge in [0.15, 0.2) is 0 Å². The first kappa shape index (κ1) is 8.90. The van der Waals surface area contributed by atoms with Crippen LogP contribution in [0, 0.1) is 0 Å². The van der Waals surface area contributed by atoms with E-state index in [1.165, 1.54) is 7.05 Å². The second-order valence-corrected chi connectivity index (χ2v) is 3.29. The van der Waals surface area contributed by atoms with Crippen LogP contribution in [0.25, 0.3) is 0 Å². The second kappa shape index (κ2) is 3.05. The molecule has 0 radical (unpaired) electrons. The van der Waals surface area contributed by atoms with Crippen LogP contribution in [0.2, 0.25) is 0 Å². The van der Waals surface area contributed by atoms with Crippen LogP contribution in [-0.4, -0.2) is 23.8 Å². The van der Waals surface area contributed by atoms with Crippen LogP contribution in [0.5, 0.6) is 0 Å². The standard InChI is InChI=1S/C5H3Cl2NO2S/c1-8-4(9)2(6)3(11-7)5(8)10/h1H3. The van der Waals surface area contributed by atoms with E-state index in [0.29, 0.717) is 11.0 Å². The van der Waals surface area contributed by atoms with E-state index < -0.39 is 11.8 Å². The Hall–Kier alpha value is -0.190. The first-order valence-electron chi connectivity index (χ1n) is 2.60. The summed E-state index contributed by atoms with van der Waals surface area (Å²) in [6, 6.07) is 0. The topological polar surface area (TPSA) is 37.4 Å². The third-order valence-electron chi connectivity index (χ3n) is 1.27. The maximum atomic E-state index is 11.0. The molecule has 3 nitrogen and oxygen atoms in total. The van der Waals surface area contributed by atoms with Gasteiger partial charge in [-0.3, -0.25) is 14.5 Å². The lowest BCUT2D eigenvalue weighted by atomic mass is 10.5. The molecule has 1 rings (SSSR count). The molecular weight excluding hydrogens is 209 g/mol. The van der Waals surface area contributed by atoms with Crippen molar-refractivity contribution in [2.24, 2.45) is 0 Å². The number of likely N-dealkylation sites (N-methyl/N-ethyl adjacent to an activating group) is 1. The van der Waals surface area contributed by atoms with E-state index in [-0.39, 0.29) is 9.94 Å². The van der Waals surface area contributed by atoms with Crippen molar-refractivity contribution in [3.05, 3.63) is 9.94 Å². The van der Waals surface area contributed by atoms with Crippen molar-refractivity contribution in [1.29, 1.82) is 0 Å². The highest BCUT2D eigenvalue weighted by molar-refractivity contribution is 8.24. The Morgan fingerprint density at radius 3 is 2.09 bits per heavy atom. The molecule has 1 aliphatic heterocycles. The number of hydrogen-bond donors (Lipinski definition) is 0. The van der Waals surface area contributed by atoms with Crippen LogP contribution in [-0.2, 0) is 9.59 Å². The number of hydrogen-bond acceptors (Lipinski definition) is 3. The van der Waals surface area contributed by atoms with Crippen LogP contribution < -0.4 is 0 Å². The smallest absolute Gasteiger partial charge is 0.273 e. The molecule has 2 amide bonds. The lowest BCUT2D eigenvalue weighted by molar-refractivity contribution is -0.135. The highest BCUT2D eigenvalue weighted by atomic mass is 35.7. The molecular formula is C5H3Cl2NO2S. The normalized spacial score (nSPS) is 18.6. The van der Waals surface area contributed by atoms with Crippen molar-refractivity contribution in [1.82, 2.24) is 4.90 Å². The van der Waals surface area contributed by atoms with Crippen molar-refractivity contribution in [2.75, 3.05) is 7.05 Å². The molecule has 0 bridgehead atoms. The SMILES string of the molecule is CN1C(=O)C(Cl)=C(SCl)C1=O. The molecule has 0 aromatic heterocycles. The molecule has 1 heterocycles. The highest BCUT2D eigenvalue weighted by Crippen LogP contribution is 2.33. The predicted molar refractivity (Wildman–Crippen MR) is 44.1 cm³/mol. The summed E-state index contributed by atoms with van der Waals surface area (Å²) in [5.41, 5.74) is 0. The van der Waals surface area contributed by atoms with E-state index >= 15 is 0 Å². The van der Waals surface area contributed by atoms with E-state index in [9.17, 15) is 9.59 Å². The van der Waals surface area contributed by atoms with Gasteiger partial charge < -0.3 is 0 Å². The lowest BCUT2D eigenvalue weighted by Gasteiger charge is -2.03. The number of carbonyl (C=O) groups excluding carboxylic acids is 2. The van der Waals surface area contributed by atoms with Crippen LogP contribution in [0.3, 0.4) is 0 Å². The van der Waals surface area contributed by atoms with Crippen molar-refractivity contribution in [3.63, 3.8) is 0 Å². The first-order valence-corrected chi connectivity index (χ1v) is 4.62. The molecule has 0 saturated carbocycles. The molecule has 0 unspecified atom stereocenters. The van der Waals surface area contributed by atoms with Gasteiger partial charge in [0, 0.05) is 7.05 Å². The molecule has 11 heavy (non-hydrogen) atoms. The monoisotopic (exact) mass is 211 g/mol. The first-order chi connectivity index (χ1) is 5.09. The van der Waals surface area contributed by atoms with E-state index in [0.717, 1.165) is 4.90 Å². The Bertz CT molecular complexity index is 263. The van der Waals surface area contributed by atoms with Gasteiger partial charge in [0.1, 0.15) is 9.94 Å². The molecule has 0 aromatic rings. The molecule has 0 fully saturated rings. The number of imide groups is 1. The molecule has 6 heteroatoms. The quantitative estimate of drug-likeness (QED) is 0.615. The minimum Gasteiger partial charge on any atom is -0.276 e. The van der Waals surface area contributed by atoms with Gasteiger partial charge in [0.05, 0.1) is 0 Å². The minimum absolute atomic E-state index is 0.0980. The summed E-state index contributed by atoms with van der Waals surface area (Å²) in [5.74, 6) is -0.945. The lowest BCUT2D eigenvalue weighted by Crippen LogP contribution is -2.26. The molecule has 60 valence electrons. The van der Waals surface area contributed by atoms with Gasteiger partial charge in [0.2, 0.25) is 0 Å². The Labute approximate surface area is 76.8 Å². The van der Waals surface area contributed by atoms with E-state index in [4.69, 9.17) is 22.3 Å². The van der Waals surface area contributed by atoms with Crippen LogP contribution in [0.15, 0.2) is 9.94 Å². The Kier molecular flexibility index (Phi) is 2.47. The Morgan fingerprint density at radius 2 is 1.91 bits per heavy atom. The Balaban J connectivity index is 3.08. The average molecular weight is 212 g/mol. The molecule has 0 aliphatic carbocycles. The van der Waals surface area contributed by atoms with Crippen molar-refractivity contribution in [2.45, 2.75) is 0 Å². The van der Waals surface area contributed by atoms with Gasteiger partial charge >= 0.3 is 0 Å². The third kappa shape index (κ3) is 1.26. The maximum Gasteiger partial charge on any atom is 0.273 e. The van der Waals surface area contributed by atoms with Crippen LogP contribution in [0.4, 0.5) is 0 Å². The van der Waals surface area contributed by atoms with Gasteiger partial charge in [0.25, 0.3) is 11.8 Å². The van der Waals surface area contributed by atoms with Crippen molar-refractivity contribution < 1.29 is 9.59 Å². The summed E-state index contributed by atoms with van der Waals surface area (Å²) in [6.45, 7) is 0. The maximum absolute atomic E-state index is 11.0. The summed E-state index contributed by atoms with van der Waals surface area (Å²) in [5, 5.41) is -0.0995. The second-order valence-electron chi connectivity index (χ2n) is 1.89. The summed E-state index contributed by atoms with van der Waals surface area (Å²) in [7, 11) is 7.32. The largest absolute Gasteiger partial charge is 0.276 e. The summed E-state index contributed by atoms with van der Waals surface area (Å²) in [6.07, 6.45) is 0. The van der Waals surface area contributed by atoms with Crippen molar-refractivity contribution in [3.8, 4) is 0 Å². The fourth-order valence-electron chi connectivity index (χ4n) is 0.650. The molecule has 1 aliphatic rings. The van der Waals surface area contributed by atoms with Gasteiger partial charge in [-0.15, -0.1) is 0 Å². The molecule has 0 N–H and O–H groups in total. The Morgan fingerprint density at radius 1 is 1.36 bits per heavy atom. The molecule has 0 atom stereocenters. The molecule has 0 aromatic carbocycles.